The number of nitrogens with one attached hydrogen (secondary N) is 1. The molecule has 0 saturated heterocycles. The van der Waals surface area contributed by atoms with E-state index in [4.69, 9.17) is 9.47 Å². The summed E-state index contributed by atoms with van der Waals surface area (Å²) in [5.74, 6) is -0.738. The van der Waals surface area contributed by atoms with Crippen LogP contribution in [0.4, 0.5) is 5.69 Å². The maximum absolute atomic E-state index is 12.9. The fourth-order valence-electron chi connectivity index (χ4n) is 3.20. The standard InChI is InChI=1S/C22H24N4O6S/c1-5-32-21(29)13-6-8-15(9-7-13)24-16(27)12-33-18-14(11-31-4)10-23-19-17(18)20(28)26(3)22(30)25(19)2/h6-10H,5,11-12H2,1-4H3,(H,24,27). The fraction of sp³-hybridized carbons (Fsp3) is 0.318. The normalized spacial score (nSPS) is 10.9. The zero-order valence-corrected chi connectivity index (χ0v) is 19.5. The summed E-state index contributed by atoms with van der Waals surface area (Å²) in [7, 11) is 4.45. The molecule has 0 bridgehead atoms. The van der Waals surface area contributed by atoms with Crippen molar-refractivity contribution < 1.29 is 19.1 Å². The van der Waals surface area contributed by atoms with E-state index in [1.807, 2.05) is 0 Å². The van der Waals surface area contributed by atoms with Crippen molar-refractivity contribution in [3.8, 4) is 0 Å². The Hall–Kier alpha value is -3.44. The summed E-state index contributed by atoms with van der Waals surface area (Å²) in [5, 5.41) is 3.01. The molecule has 1 N–H and O–H groups in total. The lowest BCUT2D eigenvalue weighted by Crippen LogP contribution is -2.37. The van der Waals surface area contributed by atoms with Crippen LogP contribution in [0.1, 0.15) is 22.8 Å². The molecule has 0 saturated carbocycles. The summed E-state index contributed by atoms with van der Waals surface area (Å²) >= 11 is 1.16. The number of nitrogens with zero attached hydrogens (tertiary/aromatic N) is 3. The number of hydrogen-bond acceptors (Lipinski definition) is 8. The largest absolute Gasteiger partial charge is 0.462 e. The summed E-state index contributed by atoms with van der Waals surface area (Å²) < 4.78 is 12.5. The van der Waals surface area contributed by atoms with Gasteiger partial charge in [-0.25, -0.2) is 14.6 Å². The molecule has 174 valence electrons. The van der Waals surface area contributed by atoms with Gasteiger partial charge in [0.2, 0.25) is 5.91 Å². The van der Waals surface area contributed by atoms with Crippen molar-refractivity contribution in [2.45, 2.75) is 18.4 Å². The molecule has 1 aromatic carbocycles. The molecule has 3 aromatic rings. The number of methoxy groups -OCH3 is 1. The van der Waals surface area contributed by atoms with E-state index in [-0.39, 0.29) is 35.9 Å². The lowest BCUT2D eigenvalue weighted by molar-refractivity contribution is -0.113. The smallest absolute Gasteiger partial charge is 0.338 e. The van der Waals surface area contributed by atoms with Crippen LogP contribution in [0, 0.1) is 0 Å². The number of hydrogen-bond donors (Lipinski definition) is 1. The van der Waals surface area contributed by atoms with Crippen LogP contribution in [-0.4, -0.2) is 45.5 Å². The Morgan fingerprint density at radius 3 is 2.45 bits per heavy atom. The van der Waals surface area contributed by atoms with Crippen LogP contribution in [0.2, 0.25) is 0 Å². The second kappa shape index (κ2) is 10.5. The Kier molecular flexibility index (Phi) is 7.67. The zero-order valence-electron chi connectivity index (χ0n) is 18.7. The maximum atomic E-state index is 12.9. The Labute approximate surface area is 193 Å². The van der Waals surface area contributed by atoms with Gasteiger partial charge >= 0.3 is 11.7 Å². The number of aryl methyl sites for hydroxylation is 1. The molecule has 0 fully saturated rings. The Morgan fingerprint density at radius 2 is 1.82 bits per heavy atom. The van der Waals surface area contributed by atoms with Gasteiger partial charge in [0, 0.05) is 43.5 Å². The summed E-state index contributed by atoms with van der Waals surface area (Å²) in [6, 6.07) is 6.35. The van der Waals surface area contributed by atoms with Gasteiger partial charge < -0.3 is 14.8 Å². The topological polar surface area (TPSA) is 122 Å². The van der Waals surface area contributed by atoms with E-state index in [0.717, 1.165) is 16.3 Å². The summed E-state index contributed by atoms with van der Waals surface area (Å²) in [6.07, 6.45) is 1.54. The van der Waals surface area contributed by atoms with Crippen LogP contribution in [0.15, 0.2) is 44.9 Å². The Balaban J connectivity index is 1.85. The quantitative estimate of drug-likeness (QED) is 0.388. The number of benzene rings is 1. The number of ether oxygens (including phenoxy) is 2. The molecule has 2 aromatic heterocycles. The van der Waals surface area contributed by atoms with Gasteiger partial charge in [-0.15, -0.1) is 11.8 Å². The highest BCUT2D eigenvalue weighted by molar-refractivity contribution is 8.00. The third-order valence-electron chi connectivity index (χ3n) is 4.82. The number of pyridine rings is 1. The van der Waals surface area contributed by atoms with Gasteiger partial charge in [0.15, 0.2) is 0 Å². The van der Waals surface area contributed by atoms with E-state index >= 15 is 0 Å². The number of rotatable bonds is 8. The van der Waals surface area contributed by atoms with Crippen molar-refractivity contribution in [2.24, 2.45) is 14.1 Å². The monoisotopic (exact) mass is 472 g/mol. The molecule has 3 rings (SSSR count). The molecule has 0 unspecified atom stereocenters. The number of thioether (sulfide) groups is 1. The molecular formula is C22H24N4O6S. The number of anilines is 1. The molecule has 0 atom stereocenters. The van der Waals surface area contributed by atoms with Crippen LogP contribution in [0.3, 0.4) is 0 Å². The molecule has 0 aliphatic carbocycles. The van der Waals surface area contributed by atoms with Gasteiger partial charge in [0.25, 0.3) is 5.56 Å². The number of amides is 1. The molecule has 0 aliphatic heterocycles. The number of carbonyl (C=O) groups excluding carboxylic acids is 2. The molecule has 0 radical (unpaired) electrons. The van der Waals surface area contributed by atoms with Crippen molar-refractivity contribution in [3.63, 3.8) is 0 Å². The zero-order chi connectivity index (χ0) is 24.1. The van der Waals surface area contributed by atoms with Crippen molar-refractivity contribution >= 4 is 40.4 Å². The number of aromatic nitrogens is 3. The van der Waals surface area contributed by atoms with Gasteiger partial charge in [0.05, 0.1) is 29.9 Å². The lowest BCUT2D eigenvalue weighted by atomic mass is 10.2. The first-order chi connectivity index (χ1) is 15.8. The van der Waals surface area contributed by atoms with E-state index in [1.54, 1.807) is 37.4 Å². The highest BCUT2D eigenvalue weighted by Crippen LogP contribution is 2.28. The molecule has 0 spiro atoms. The Bertz CT molecular complexity index is 1310. The highest BCUT2D eigenvalue weighted by atomic mass is 32.2. The molecule has 33 heavy (non-hydrogen) atoms. The number of esters is 1. The second-order valence-electron chi connectivity index (χ2n) is 7.08. The summed E-state index contributed by atoms with van der Waals surface area (Å²) in [5.41, 5.74) is 0.801. The van der Waals surface area contributed by atoms with Crippen LogP contribution >= 0.6 is 11.8 Å². The second-order valence-corrected chi connectivity index (χ2v) is 8.07. The predicted octanol–water partition coefficient (Wildman–Crippen LogP) is 1.69. The van der Waals surface area contributed by atoms with E-state index in [0.29, 0.717) is 21.7 Å². The fourth-order valence-corrected chi connectivity index (χ4v) is 4.17. The minimum absolute atomic E-state index is 0.00144. The molecule has 2 heterocycles. The van der Waals surface area contributed by atoms with E-state index in [9.17, 15) is 19.2 Å². The van der Waals surface area contributed by atoms with Crippen LogP contribution in [-0.2, 0) is 35.0 Å². The minimum Gasteiger partial charge on any atom is -0.462 e. The molecule has 1 amide bonds. The van der Waals surface area contributed by atoms with Crippen molar-refractivity contribution in [2.75, 3.05) is 24.8 Å². The van der Waals surface area contributed by atoms with Gasteiger partial charge in [-0.2, -0.15) is 0 Å². The third kappa shape index (κ3) is 5.15. The van der Waals surface area contributed by atoms with Gasteiger partial charge in [0.1, 0.15) is 5.65 Å². The predicted molar refractivity (Wildman–Crippen MR) is 125 cm³/mol. The van der Waals surface area contributed by atoms with Gasteiger partial charge in [-0.05, 0) is 31.2 Å². The summed E-state index contributed by atoms with van der Waals surface area (Å²) in [6.45, 7) is 2.19. The van der Waals surface area contributed by atoms with Gasteiger partial charge in [-0.1, -0.05) is 0 Å². The SMILES string of the molecule is CCOC(=O)c1ccc(NC(=O)CSc2c(COC)cnc3c2c(=O)n(C)c(=O)n3C)cc1. The highest BCUT2D eigenvalue weighted by Gasteiger charge is 2.19. The molecular weight excluding hydrogens is 448 g/mol. The molecule has 10 nitrogen and oxygen atoms in total. The minimum atomic E-state index is -0.490. The molecule has 11 heteroatoms. The summed E-state index contributed by atoms with van der Waals surface area (Å²) in [4.78, 5) is 54.3. The van der Waals surface area contributed by atoms with E-state index in [2.05, 4.69) is 10.3 Å². The van der Waals surface area contributed by atoms with Crippen molar-refractivity contribution in [1.29, 1.82) is 0 Å². The average Bonchev–Trinajstić information content (AvgIpc) is 2.81. The molecule has 0 aliphatic rings. The first-order valence-corrected chi connectivity index (χ1v) is 11.0. The van der Waals surface area contributed by atoms with E-state index in [1.165, 1.54) is 25.8 Å². The third-order valence-corrected chi connectivity index (χ3v) is 5.98. The first-order valence-electron chi connectivity index (χ1n) is 10.0. The maximum Gasteiger partial charge on any atom is 0.338 e. The number of fused-ring (bicyclic) bond motifs is 1. The van der Waals surface area contributed by atoms with Crippen molar-refractivity contribution in [3.05, 3.63) is 62.4 Å². The average molecular weight is 473 g/mol. The van der Waals surface area contributed by atoms with Gasteiger partial charge in [-0.3, -0.25) is 18.7 Å². The first kappa shape index (κ1) is 24.2. The van der Waals surface area contributed by atoms with Crippen LogP contribution in [0.5, 0.6) is 0 Å². The van der Waals surface area contributed by atoms with Crippen LogP contribution in [0.25, 0.3) is 11.0 Å². The lowest BCUT2D eigenvalue weighted by Gasteiger charge is -2.14. The Morgan fingerprint density at radius 1 is 1.12 bits per heavy atom. The van der Waals surface area contributed by atoms with Crippen LogP contribution < -0.4 is 16.6 Å². The van der Waals surface area contributed by atoms with E-state index < -0.39 is 17.2 Å². The number of carbonyl (C=O) groups is 2. The van der Waals surface area contributed by atoms with Crippen molar-refractivity contribution in [1.82, 2.24) is 14.1 Å².